The van der Waals surface area contributed by atoms with Crippen molar-refractivity contribution in [1.82, 2.24) is 5.32 Å². The van der Waals surface area contributed by atoms with E-state index in [0.717, 1.165) is 6.42 Å². The number of rotatable bonds is 7. The van der Waals surface area contributed by atoms with Gasteiger partial charge < -0.3 is 14.8 Å². The van der Waals surface area contributed by atoms with Crippen LogP contribution < -0.4 is 10.1 Å². The van der Waals surface area contributed by atoms with Crippen LogP contribution in [0.25, 0.3) is 0 Å². The van der Waals surface area contributed by atoms with Gasteiger partial charge in [0.05, 0.1) is 24.3 Å². The third-order valence-electron chi connectivity index (χ3n) is 2.74. The normalized spacial score (nSPS) is 12.3. The Balaban J connectivity index is 2.92. The lowest BCUT2D eigenvalue weighted by Gasteiger charge is -2.18. The van der Waals surface area contributed by atoms with Crippen molar-refractivity contribution < 1.29 is 14.3 Å². The van der Waals surface area contributed by atoms with E-state index < -0.39 is 0 Å². The average molecular weight is 300 g/mol. The Hall–Kier alpha value is -1.26. The second-order valence-corrected chi connectivity index (χ2v) is 5.28. The first-order valence-electron chi connectivity index (χ1n) is 6.73. The molecule has 0 saturated carbocycles. The van der Waals surface area contributed by atoms with Crippen LogP contribution in [-0.4, -0.2) is 31.8 Å². The molecule has 0 fully saturated rings. The minimum absolute atomic E-state index is 0.0105. The molecule has 0 aromatic heterocycles. The number of amides is 1. The summed E-state index contributed by atoms with van der Waals surface area (Å²) < 4.78 is 10.7. The lowest BCUT2D eigenvalue weighted by molar-refractivity contribution is 0.0889. The van der Waals surface area contributed by atoms with Gasteiger partial charge in [0.25, 0.3) is 5.91 Å². The third kappa shape index (κ3) is 5.02. The van der Waals surface area contributed by atoms with Gasteiger partial charge >= 0.3 is 0 Å². The Labute approximate surface area is 125 Å². The zero-order chi connectivity index (χ0) is 15.1. The summed E-state index contributed by atoms with van der Waals surface area (Å²) in [7, 11) is 1.61. The molecule has 1 amide bonds. The maximum atomic E-state index is 12.3. The molecule has 1 unspecified atom stereocenters. The number of methoxy groups -OCH3 is 1. The van der Waals surface area contributed by atoms with Gasteiger partial charge in [-0.15, -0.1) is 0 Å². The van der Waals surface area contributed by atoms with E-state index in [-0.39, 0.29) is 18.1 Å². The molecule has 1 aromatic rings. The van der Waals surface area contributed by atoms with Crippen LogP contribution in [-0.2, 0) is 4.74 Å². The SMILES string of the molecule is CCC(COC)NC(=O)c1cc(Cl)ccc1OC(C)C. The Bertz CT molecular complexity index is 449. The second-order valence-electron chi connectivity index (χ2n) is 4.84. The molecule has 112 valence electrons. The van der Waals surface area contributed by atoms with Gasteiger partial charge in [0.1, 0.15) is 5.75 Å². The highest BCUT2D eigenvalue weighted by Crippen LogP contribution is 2.24. The first-order chi connectivity index (χ1) is 9.47. The van der Waals surface area contributed by atoms with E-state index in [1.165, 1.54) is 0 Å². The molecular weight excluding hydrogens is 278 g/mol. The molecule has 0 spiro atoms. The first-order valence-corrected chi connectivity index (χ1v) is 7.11. The predicted molar refractivity (Wildman–Crippen MR) is 80.6 cm³/mol. The van der Waals surface area contributed by atoms with Gasteiger partial charge in [-0.1, -0.05) is 18.5 Å². The van der Waals surface area contributed by atoms with Crippen LogP contribution in [0.15, 0.2) is 18.2 Å². The molecule has 0 aliphatic carbocycles. The summed E-state index contributed by atoms with van der Waals surface area (Å²) >= 11 is 5.97. The van der Waals surface area contributed by atoms with E-state index in [4.69, 9.17) is 21.1 Å². The maximum absolute atomic E-state index is 12.3. The van der Waals surface area contributed by atoms with Crippen molar-refractivity contribution in [3.63, 3.8) is 0 Å². The number of carbonyl (C=O) groups is 1. The van der Waals surface area contributed by atoms with Crippen LogP contribution in [0, 0.1) is 0 Å². The van der Waals surface area contributed by atoms with Gasteiger partial charge in [0.2, 0.25) is 0 Å². The molecular formula is C15H22ClNO3. The average Bonchev–Trinajstić information content (AvgIpc) is 2.39. The number of halogens is 1. The lowest BCUT2D eigenvalue weighted by Crippen LogP contribution is -2.37. The van der Waals surface area contributed by atoms with Crippen LogP contribution in [0.1, 0.15) is 37.6 Å². The van der Waals surface area contributed by atoms with Crippen LogP contribution in [0.2, 0.25) is 5.02 Å². The fraction of sp³-hybridized carbons (Fsp3) is 0.533. The molecule has 0 saturated heterocycles. The molecule has 4 nitrogen and oxygen atoms in total. The summed E-state index contributed by atoms with van der Waals surface area (Å²) in [5, 5.41) is 3.43. The highest BCUT2D eigenvalue weighted by Gasteiger charge is 2.17. The number of carbonyl (C=O) groups excluding carboxylic acids is 1. The van der Waals surface area contributed by atoms with Gasteiger partial charge in [-0.3, -0.25) is 4.79 Å². The summed E-state index contributed by atoms with van der Waals surface area (Å²) in [6.07, 6.45) is 0.782. The van der Waals surface area contributed by atoms with Crippen molar-refractivity contribution in [3.05, 3.63) is 28.8 Å². The van der Waals surface area contributed by atoms with Crippen LogP contribution in [0.5, 0.6) is 5.75 Å². The van der Waals surface area contributed by atoms with Crippen molar-refractivity contribution in [2.24, 2.45) is 0 Å². The van der Waals surface area contributed by atoms with Crippen molar-refractivity contribution >= 4 is 17.5 Å². The molecule has 1 atom stereocenters. The predicted octanol–water partition coefficient (Wildman–Crippen LogP) is 3.28. The number of nitrogens with one attached hydrogen (secondary N) is 1. The van der Waals surface area contributed by atoms with Gasteiger partial charge in [-0.2, -0.15) is 0 Å². The molecule has 5 heteroatoms. The molecule has 0 aliphatic heterocycles. The van der Waals surface area contributed by atoms with E-state index in [2.05, 4.69) is 5.32 Å². The second kappa shape index (κ2) is 8.12. The number of ether oxygens (including phenoxy) is 2. The van der Waals surface area contributed by atoms with Crippen LogP contribution in [0.3, 0.4) is 0 Å². The van der Waals surface area contributed by atoms with Crippen molar-refractivity contribution in [1.29, 1.82) is 0 Å². The fourth-order valence-corrected chi connectivity index (χ4v) is 1.93. The molecule has 0 radical (unpaired) electrons. The summed E-state index contributed by atoms with van der Waals surface area (Å²) in [6, 6.07) is 5.02. The van der Waals surface area contributed by atoms with Gasteiger partial charge in [0.15, 0.2) is 0 Å². The molecule has 0 bridgehead atoms. The summed E-state index contributed by atoms with van der Waals surface area (Å²) in [6.45, 7) is 6.29. The van der Waals surface area contributed by atoms with Gasteiger partial charge in [-0.05, 0) is 38.5 Å². The summed E-state index contributed by atoms with van der Waals surface area (Å²) in [5.41, 5.74) is 0.445. The number of hydrogen-bond donors (Lipinski definition) is 1. The molecule has 0 aliphatic rings. The highest BCUT2D eigenvalue weighted by molar-refractivity contribution is 6.31. The van der Waals surface area contributed by atoms with Crippen molar-refractivity contribution in [2.45, 2.75) is 39.3 Å². The Kier molecular flexibility index (Phi) is 6.82. The molecule has 0 heterocycles. The lowest BCUT2D eigenvalue weighted by atomic mass is 10.1. The van der Waals surface area contributed by atoms with E-state index in [0.29, 0.717) is 22.9 Å². The minimum Gasteiger partial charge on any atom is -0.490 e. The first kappa shape index (κ1) is 16.8. The number of hydrogen-bond acceptors (Lipinski definition) is 3. The Morgan fingerprint density at radius 2 is 2.10 bits per heavy atom. The van der Waals surface area contributed by atoms with Crippen molar-refractivity contribution in [2.75, 3.05) is 13.7 Å². The largest absolute Gasteiger partial charge is 0.490 e. The van der Waals surface area contributed by atoms with Gasteiger partial charge in [-0.25, -0.2) is 0 Å². The Morgan fingerprint density at radius 3 is 2.65 bits per heavy atom. The van der Waals surface area contributed by atoms with E-state index in [1.807, 2.05) is 20.8 Å². The monoisotopic (exact) mass is 299 g/mol. The van der Waals surface area contributed by atoms with E-state index in [9.17, 15) is 4.79 Å². The quantitative estimate of drug-likeness (QED) is 0.840. The summed E-state index contributed by atoms with van der Waals surface area (Å²) in [4.78, 5) is 12.3. The smallest absolute Gasteiger partial charge is 0.255 e. The molecule has 1 aromatic carbocycles. The van der Waals surface area contributed by atoms with Gasteiger partial charge in [0, 0.05) is 12.1 Å². The zero-order valence-corrected chi connectivity index (χ0v) is 13.2. The Morgan fingerprint density at radius 1 is 1.40 bits per heavy atom. The minimum atomic E-state index is -0.202. The van der Waals surface area contributed by atoms with E-state index >= 15 is 0 Å². The fourth-order valence-electron chi connectivity index (χ4n) is 1.76. The topological polar surface area (TPSA) is 47.6 Å². The standard InChI is InChI=1S/C15H22ClNO3/c1-5-12(9-19-4)17-15(18)13-8-11(16)6-7-14(13)20-10(2)3/h6-8,10,12H,5,9H2,1-4H3,(H,17,18). The third-order valence-corrected chi connectivity index (χ3v) is 2.98. The van der Waals surface area contributed by atoms with Crippen molar-refractivity contribution in [3.8, 4) is 5.75 Å². The van der Waals surface area contributed by atoms with Crippen LogP contribution >= 0.6 is 11.6 Å². The zero-order valence-electron chi connectivity index (χ0n) is 12.4. The summed E-state index contributed by atoms with van der Waals surface area (Å²) in [5.74, 6) is 0.334. The molecule has 1 N–H and O–H groups in total. The van der Waals surface area contributed by atoms with Crippen LogP contribution in [0.4, 0.5) is 0 Å². The molecule has 1 rings (SSSR count). The molecule has 20 heavy (non-hydrogen) atoms. The maximum Gasteiger partial charge on any atom is 0.255 e. The highest BCUT2D eigenvalue weighted by atomic mass is 35.5. The van der Waals surface area contributed by atoms with E-state index in [1.54, 1.807) is 25.3 Å². The number of benzene rings is 1.